The summed E-state index contributed by atoms with van der Waals surface area (Å²) in [5.74, 6) is 0.726. The number of halogens is 2. The Morgan fingerprint density at radius 2 is 1.91 bits per heavy atom. The monoisotopic (exact) mass is 346 g/mol. The van der Waals surface area contributed by atoms with Gasteiger partial charge in [0.2, 0.25) is 0 Å². The van der Waals surface area contributed by atoms with E-state index in [1.807, 2.05) is 30.3 Å². The first-order valence-electron chi connectivity index (χ1n) is 6.76. The fraction of sp³-hybridized carbons (Fsp3) is 0.0625. The highest BCUT2D eigenvalue weighted by atomic mass is 35.5. The molecule has 2 aromatic carbocycles. The molecule has 0 aliphatic rings. The zero-order valence-corrected chi connectivity index (χ0v) is 13.4. The zero-order chi connectivity index (χ0) is 16.1. The summed E-state index contributed by atoms with van der Waals surface area (Å²) in [6.45, 7) is 0.363. The molecule has 0 aliphatic heterocycles. The molecule has 0 fully saturated rings. The Hall–Kier alpha value is -2.37. The Morgan fingerprint density at radius 3 is 2.70 bits per heavy atom. The summed E-state index contributed by atoms with van der Waals surface area (Å²) in [5.41, 5.74) is 1.78. The van der Waals surface area contributed by atoms with Crippen LogP contribution < -0.4 is 4.74 Å². The maximum absolute atomic E-state index is 6.13. The van der Waals surface area contributed by atoms with Gasteiger partial charge in [-0.1, -0.05) is 41.4 Å². The largest absolute Gasteiger partial charge is 0.489 e. The van der Waals surface area contributed by atoms with Crippen LogP contribution in [0.3, 0.4) is 0 Å². The van der Waals surface area contributed by atoms with Gasteiger partial charge in [-0.2, -0.15) is 5.10 Å². The molecule has 116 valence electrons. The fourth-order valence-corrected chi connectivity index (χ4v) is 2.34. The Morgan fingerprint density at radius 1 is 1.09 bits per heavy atom. The molecule has 0 spiro atoms. The van der Waals surface area contributed by atoms with Gasteiger partial charge in [0.15, 0.2) is 0 Å². The maximum atomic E-state index is 6.13. The molecule has 1 aromatic heterocycles. The van der Waals surface area contributed by atoms with Crippen molar-refractivity contribution in [2.75, 3.05) is 0 Å². The van der Waals surface area contributed by atoms with Crippen molar-refractivity contribution in [1.29, 1.82) is 0 Å². The number of rotatable bonds is 5. The number of ether oxygens (including phenoxy) is 1. The third kappa shape index (κ3) is 4.31. The predicted molar refractivity (Wildman–Crippen MR) is 90.3 cm³/mol. The third-order valence-corrected chi connectivity index (χ3v) is 3.60. The van der Waals surface area contributed by atoms with Gasteiger partial charge in [0.1, 0.15) is 25.0 Å². The van der Waals surface area contributed by atoms with Crippen LogP contribution in [-0.4, -0.2) is 21.1 Å². The topological polar surface area (TPSA) is 52.3 Å². The van der Waals surface area contributed by atoms with E-state index < -0.39 is 0 Å². The van der Waals surface area contributed by atoms with E-state index in [2.05, 4.69) is 15.3 Å². The molecule has 23 heavy (non-hydrogen) atoms. The van der Waals surface area contributed by atoms with Gasteiger partial charge in [0, 0.05) is 15.6 Å². The van der Waals surface area contributed by atoms with Gasteiger partial charge < -0.3 is 4.74 Å². The van der Waals surface area contributed by atoms with Crippen LogP contribution in [0.1, 0.15) is 11.1 Å². The summed E-state index contributed by atoms with van der Waals surface area (Å²) in [7, 11) is 0. The van der Waals surface area contributed by atoms with Gasteiger partial charge in [-0.3, -0.25) is 0 Å². The molecule has 0 radical (unpaired) electrons. The number of hydrogen-bond donors (Lipinski definition) is 0. The lowest BCUT2D eigenvalue weighted by Crippen LogP contribution is -1.97. The molecule has 7 heteroatoms. The van der Waals surface area contributed by atoms with Crippen molar-refractivity contribution < 1.29 is 4.74 Å². The molecule has 0 N–H and O–H groups in total. The fourth-order valence-electron chi connectivity index (χ4n) is 1.87. The summed E-state index contributed by atoms with van der Waals surface area (Å²) in [6.07, 6.45) is 4.73. The minimum atomic E-state index is 0.363. The molecular weight excluding hydrogens is 335 g/mol. The average Bonchev–Trinajstić information content (AvgIpc) is 3.06. The van der Waals surface area contributed by atoms with Crippen LogP contribution in [-0.2, 0) is 6.61 Å². The number of benzene rings is 2. The Bertz CT molecular complexity index is 819. The quantitative estimate of drug-likeness (QED) is 0.655. The smallest absolute Gasteiger partial charge is 0.141 e. The summed E-state index contributed by atoms with van der Waals surface area (Å²) in [4.78, 5) is 0. The SMILES string of the molecule is Clc1ccc(COc2cccc(C=Nn3cnnc3)c2)c(Cl)c1. The summed E-state index contributed by atoms with van der Waals surface area (Å²) >= 11 is 12.0. The summed E-state index contributed by atoms with van der Waals surface area (Å²) in [6, 6.07) is 12.9. The molecule has 0 unspecified atom stereocenters. The lowest BCUT2D eigenvalue weighted by atomic mass is 10.2. The summed E-state index contributed by atoms with van der Waals surface area (Å²) < 4.78 is 7.28. The molecule has 0 aliphatic carbocycles. The number of hydrogen-bond acceptors (Lipinski definition) is 4. The molecule has 0 saturated carbocycles. The van der Waals surface area contributed by atoms with Gasteiger partial charge >= 0.3 is 0 Å². The lowest BCUT2D eigenvalue weighted by molar-refractivity contribution is 0.306. The second kappa shape index (κ2) is 7.26. The van der Waals surface area contributed by atoms with E-state index in [0.29, 0.717) is 16.7 Å². The van der Waals surface area contributed by atoms with E-state index in [-0.39, 0.29) is 0 Å². The van der Waals surface area contributed by atoms with Crippen LogP contribution in [0.2, 0.25) is 10.0 Å². The van der Waals surface area contributed by atoms with E-state index in [0.717, 1.165) is 16.9 Å². The van der Waals surface area contributed by atoms with Gasteiger partial charge in [-0.15, -0.1) is 10.2 Å². The van der Waals surface area contributed by atoms with E-state index >= 15 is 0 Å². The molecular formula is C16H12Cl2N4O. The van der Waals surface area contributed by atoms with E-state index in [1.54, 1.807) is 18.3 Å². The number of nitrogens with zero attached hydrogens (tertiary/aromatic N) is 4. The Labute approximate surface area is 143 Å². The minimum Gasteiger partial charge on any atom is -0.489 e. The van der Waals surface area contributed by atoms with Crippen molar-refractivity contribution in [1.82, 2.24) is 14.9 Å². The van der Waals surface area contributed by atoms with Gasteiger partial charge in [0.25, 0.3) is 0 Å². The van der Waals surface area contributed by atoms with Crippen LogP contribution in [0.5, 0.6) is 5.75 Å². The highest BCUT2D eigenvalue weighted by Crippen LogP contribution is 2.22. The molecule has 0 amide bonds. The van der Waals surface area contributed by atoms with E-state index in [9.17, 15) is 0 Å². The molecule has 0 atom stereocenters. The molecule has 3 aromatic rings. The van der Waals surface area contributed by atoms with Crippen LogP contribution in [0.4, 0.5) is 0 Å². The highest BCUT2D eigenvalue weighted by Gasteiger charge is 2.03. The van der Waals surface area contributed by atoms with Crippen LogP contribution in [0, 0.1) is 0 Å². The van der Waals surface area contributed by atoms with Crippen molar-refractivity contribution in [2.24, 2.45) is 5.10 Å². The first kappa shape index (κ1) is 15.5. The van der Waals surface area contributed by atoms with Crippen molar-refractivity contribution in [3.05, 3.63) is 76.3 Å². The van der Waals surface area contributed by atoms with Gasteiger partial charge in [0.05, 0.1) is 6.21 Å². The van der Waals surface area contributed by atoms with Gasteiger partial charge in [-0.05, 0) is 29.8 Å². The third-order valence-electron chi connectivity index (χ3n) is 3.01. The zero-order valence-electron chi connectivity index (χ0n) is 11.9. The Kier molecular flexibility index (Phi) is 4.90. The minimum absolute atomic E-state index is 0.363. The first-order chi connectivity index (χ1) is 11.2. The predicted octanol–water partition coefficient (Wildman–Crippen LogP) is 4.05. The number of aromatic nitrogens is 3. The molecule has 0 bridgehead atoms. The van der Waals surface area contributed by atoms with Crippen molar-refractivity contribution in [3.63, 3.8) is 0 Å². The molecule has 3 rings (SSSR count). The summed E-state index contributed by atoms with van der Waals surface area (Å²) in [5, 5.41) is 12.7. The van der Waals surface area contributed by atoms with Crippen LogP contribution >= 0.6 is 23.2 Å². The first-order valence-corrected chi connectivity index (χ1v) is 7.52. The van der Waals surface area contributed by atoms with Crippen molar-refractivity contribution >= 4 is 29.4 Å². The van der Waals surface area contributed by atoms with E-state index in [4.69, 9.17) is 27.9 Å². The second-order valence-electron chi connectivity index (χ2n) is 4.68. The highest BCUT2D eigenvalue weighted by molar-refractivity contribution is 6.35. The maximum Gasteiger partial charge on any atom is 0.141 e. The standard InChI is InChI=1S/C16H12Cl2N4O/c17-14-5-4-13(16(18)7-14)9-23-15-3-1-2-12(6-15)8-21-22-10-19-20-11-22/h1-8,10-11H,9H2. The molecule has 1 heterocycles. The average molecular weight is 347 g/mol. The molecule has 5 nitrogen and oxygen atoms in total. The van der Waals surface area contributed by atoms with Crippen molar-refractivity contribution in [3.8, 4) is 5.75 Å². The van der Waals surface area contributed by atoms with Crippen molar-refractivity contribution in [2.45, 2.75) is 6.61 Å². The van der Waals surface area contributed by atoms with Crippen LogP contribution in [0.25, 0.3) is 0 Å². The normalized spacial score (nSPS) is 11.0. The lowest BCUT2D eigenvalue weighted by Gasteiger charge is -2.08. The van der Waals surface area contributed by atoms with Crippen LogP contribution in [0.15, 0.2) is 60.2 Å². The molecule has 0 saturated heterocycles. The Balaban J connectivity index is 1.68. The van der Waals surface area contributed by atoms with Gasteiger partial charge in [-0.25, -0.2) is 4.68 Å². The van der Waals surface area contributed by atoms with E-state index in [1.165, 1.54) is 17.3 Å². The second-order valence-corrected chi connectivity index (χ2v) is 5.53.